The average molecular weight is 419 g/mol. The molecule has 3 rings (SSSR count). The Hall–Kier alpha value is -0.920. The molecular weight excluding hydrogens is 391 g/mol. The third-order valence-corrected chi connectivity index (χ3v) is 6.09. The van der Waals surface area contributed by atoms with Crippen LogP contribution in [0, 0.1) is 5.41 Å². The van der Waals surface area contributed by atoms with Gasteiger partial charge < -0.3 is 10.6 Å². The van der Waals surface area contributed by atoms with Gasteiger partial charge in [0.1, 0.15) is 5.01 Å². The number of benzene rings is 1. The molecule has 146 valence electrons. The number of hydrogen-bond acceptors (Lipinski definition) is 5. The highest BCUT2D eigenvalue weighted by atomic mass is 35.5. The molecule has 2 aromatic rings. The fourth-order valence-corrected chi connectivity index (χ4v) is 4.32. The molecule has 1 fully saturated rings. The fourth-order valence-electron chi connectivity index (χ4n) is 3.30. The van der Waals surface area contributed by atoms with Crippen molar-refractivity contribution >= 4 is 52.3 Å². The van der Waals surface area contributed by atoms with Gasteiger partial charge in [0.05, 0.1) is 22.8 Å². The third-order valence-electron chi connectivity index (χ3n) is 5.07. The van der Waals surface area contributed by atoms with Crippen LogP contribution in [0.3, 0.4) is 0 Å². The van der Waals surface area contributed by atoms with E-state index in [1.807, 2.05) is 32.2 Å². The molecule has 1 aromatic carbocycles. The molecule has 0 aliphatic carbocycles. The number of aromatic nitrogens is 1. The van der Waals surface area contributed by atoms with E-state index < -0.39 is 0 Å². The summed E-state index contributed by atoms with van der Waals surface area (Å²) >= 11 is 1.66. The van der Waals surface area contributed by atoms with Gasteiger partial charge in [-0.25, -0.2) is 4.98 Å². The first-order chi connectivity index (χ1) is 11.4. The second-order valence-corrected chi connectivity index (χ2v) is 8.30. The number of hydrogen-bond donors (Lipinski definition) is 1. The Morgan fingerprint density at radius 2 is 2.12 bits per heavy atom. The standard InChI is InChI=1S/C18H26N4OS.2ClH/c1-13(22-9-8-18(2,11-19)12-22)17(23)21(3)10-16-20-14-6-4-5-7-15(14)24-16;;/h4-7,13H,8-12,19H2,1-3H3;2*1H. The lowest BCUT2D eigenvalue weighted by atomic mass is 9.90. The first-order valence-corrected chi connectivity index (χ1v) is 9.27. The topological polar surface area (TPSA) is 62.5 Å². The smallest absolute Gasteiger partial charge is 0.239 e. The van der Waals surface area contributed by atoms with Crippen LogP contribution in [0.5, 0.6) is 0 Å². The zero-order valence-electron chi connectivity index (χ0n) is 15.5. The molecule has 0 spiro atoms. The van der Waals surface area contributed by atoms with E-state index in [2.05, 4.69) is 22.9 Å². The number of para-hydroxylation sites is 1. The average Bonchev–Trinajstić information content (AvgIpc) is 3.17. The van der Waals surface area contributed by atoms with Gasteiger partial charge in [-0.15, -0.1) is 36.2 Å². The van der Waals surface area contributed by atoms with E-state index in [-0.39, 0.29) is 42.2 Å². The van der Waals surface area contributed by atoms with Gasteiger partial charge in [0.2, 0.25) is 5.91 Å². The molecular formula is C18H28Cl2N4OS. The SMILES string of the molecule is CC(C(=O)N(C)Cc1nc2ccccc2s1)N1CCC(C)(CN)C1.Cl.Cl. The van der Waals surface area contributed by atoms with Crippen molar-refractivity contribution in [1.82, 2.24) is 14.8 Å². The number of likely N-dealkylation sites (N-methyl/N-ethyl adjacent to an activating group) is 1. The summed E-state index contributed by atoms with van der Waals surface area (Å²) in [5.41, 5.74) is 7.02. The Morgan fingerprint density at radius 1 is 1.42 bits per heavy atom. The van der Waals surface area contributed by atoms with E-state index in [9.17, 15) is 4.79 Å². The van der Waals surface area contributed by atoms with Crippen LogP contribution in [0.1, 0.15) is 25.3 Å². The number of nitrogens with zero attached hydrogens (tertiary/aromatic N) is 3. The van der Waals surface area contributed by atoms with Gasteiger partial charge in [-0.3, -0.25) is 9.69 Å². The van der Waals surface area contributed by atoms with Crippen LogP contribution in [-0.4, -0.2) is 53.4 Å². The first-order valence-electron chi connectivity index (χ1n) is 8.45. The van der Waals surface area contributed by atoms with Gasteiger partial charge in [0.15, 0.2) is 0 Å². The van der Waals surface area contributed by atoms with Crippen molar-refractivity contribution in [2.75, 3.05) is 26.7 Å². The predicted molar refractivity (Wildman–Crippen MR) is 113 cm³/mol. The first kappa shape index (κ1) is 23.1. The lowest BCUT2D eigenvalue weighted by Gasteiger charge is -2.29. The Labute approximate surface area is 171 Å². The minimum Gasteiger partial charge on any atom is -0.338 e. The third kappa shape index (κ3) is 4.87. The molecule has 2 atom stereocenters. The van der Waals surface area contributed by atoms with Crippen LogP contribution in [0.25, 0.3) is 10.2 Å². The van der Waals surface area contributed by atoms with Crippen LogP contribution >= 0.6 is 36.2 Å². The van der Waals surface area contributed by atoms with Gasteiger partial charge in [-0.1, -0.05) is 19.1 Å². The second-order valence-electron chi connectivity index (χ2n) is 7.18. The zero-order valence-corrected chi connectivity index (χ0v) is 17.9. The number of thiazole rings is 1. The summed E-state index contributed by atoms with van der Waals surface area (Å²) in [5.74, 6) is 0.149. The van der Waals surface area contributed by atoms with E-state index >= 15 is 0 Å². The lowest BCUT2D eigenvalue weighted by Crippen LogP contribution is -2.45. The summed E-state index contributed by atoms with van der Waals surface area (Å²) in [5, 5.41) is 0.979. The van der Waals surface area contributed by atoms with Gasteiger partial charge >= 0.3 is 0 Å². The number of carbonyl (C=O) groups is 1. The molecule has 8 heteroatoms. The van der Waals surface area contributed by atoms with E-state index in [1.165, 1.54) is 4.70 Å². The number of rotatable bonds is 5. The number of fused-ring (bicyclic) bond motifs is 1. The van der Waals surface area contributed by atoms with E-state index in [0.717, 1.165) is 30.0 Å². The quantitative estimate of drug-likeness (QED) is 0.809. The van der Waals surface area contributed by atoms with E-state index in [1.54, 1.807) is 16.2 Å². The maximum Gasteiger partial charge on any atom is 0.239 e. The number of likely N-dealkylation sites (tertiary alicyclic amines) is 1. The van der Waals surface area contributed by atoms with Crippen molar-refractivity contribution in [2.24, 2.45) is 11.1 Å². The Kier molecular flexibility index (Phi) is 8.30. The Bertz CT molecular complexity index is 708. The number of halogens is 2. The molecule has 1 amide bonds. The molecule has 1 aliphatic rings. The summed E-state index contributed by atoms with van der Waals surface area (Å²) in [6, 6.07) is 7.97. The highest BCUT2D eigenvalue weighted by Gasteiger charge is 2.37. The largest absolute Gasteiger partial charge is 0.338 e. The highest BCUT2D eigenvalue weighted by Crippen LogP contribution is 2.30. The van der Waals surface area contributed by atoms with Gasteiger partial charge in [-0.05, 0) is 44.0 Å². The predicted octanol–water partition coefficient (Wildman–Crippen LogP) is 3.16. The highest BCUT2D eigenvalue weighted by molar-refractivity contribution is 7.18. The summed E-state index contributed by atoms with van der Waals surface area (Å²) in [6.07, 6.45) is 1.06. The van der Waals surface area contributed by atoms with Crippen LogP contribution < -0.4 is 5.73 Å². The normalized spacial score (nSPS) is 21.1. The summed E-state index contributed by atoms with van der Waals surface area (Å²) in [7, 11) is 1.86. The molecule has 2 N–H and O–H groups in total. The summed E-state index contributed by atoms with van der Waals surface area (Å²) < 4.78 is 1.17. The van der Waals surface area contributed by atoms with Crippen molar-refractivity contribution in [3.8, 4) is 0 Å². The monoisotopic (exact) mass is 418 g/mol. The number of amides is 1. The maximum absolute atomic E-state index is 12.8. The zero-order chi connectivity index (χ0) is 17.3. The van der Waals surface area contributed by atoms with Crippen molar-refractivity contribution in [3.05, 3.63) is 29.3 Å². The molecule has 2 heterocycles. The van der Waals surface area contributed by atoms with Crippen molar-refractivity contribution in [1.29, 1.82) is 0 Å². The number of nitrogens with two attached hydrogens (primary N) is 1. The summed E-state index contributed by atoms with van der Waals surface area (Å²) in [6.45, 7) is 7.27. The molecule has 2 unspecified atom stereocenters. The maximum atomic E-state index is 12.8. The molecule has 0 radical (unpaired) electrons. The molecule has 0 bridgehead atoms. The van der Waals surface area contributed by atoms with Gasteiger partial charge in [-0.2, -0.15) is 0 Å². The molecule has 1 saturated heterocycles. The van der Waals surface area contributed by atoms with Crippen molar-refractivity contribution in [2.45, 2.75) is 32.9 Å². The fraction of sp³-hybridized carbons (Fsp3) is 0.556. The second kappa shape index (κ2) is 9.33. The molecule has 1 aromatic heterocycles. The van der Waals surface area contributed by atoms with E-state index in [4.69, 9.17) is 5.73 Å². The van der Waals surface area contributed by atoms with Crippen molar-refractivity contribution in [3.63, 3.8) is 0 Å². The molecule has 26 heavy (non-hydrogen) atoms. The minimum atomic E-state index is -0.113. The molecule has 0 saturated carbocycles. The van der Waals surface area contributed by atoms with Crippen molar-refractivity contribution < 1.29 is 4.79 Å². The lowest BCUT2D eigenvalue weighted by molar-refractivity contribution is -0.135. The van der Waals surface area contributed by atoms with Crippen LogP contribution in [0.15, 0.2) is 24.3 Å². The van der Waals surface area contributed by atoms with Gasteiger partial charge in [0.25, 0.3) is 0 Å². The number of carbonyl (C=O) groups excluding carboxylic acids is 1. The molecule has 5 nitrogen and oxygen atoms in total. The Balaban J connectivity index is 0.00000169. The molecule has 1 aliphatic heterocycles. The summed E-state index contributed by atoms with van der Waals surface area (Å²) in [4.78, 5) is 21.4. The van der Waals surface area contributed by atoms with E-state index in [0.29, 0.717) is 13.1 Å². The Morgan fingerprint density at radius 3 is 2.73 bits per heavy atom. The minimum absolute atomic E-state index is 0. The van der Waals surface area contributed by atoms with Crippen LogP contribution in [0.4, 0.5) is 0 Å². The van der Waals surface area contributed by atoms with Crippen LogP contribution in [-0.2, 0) is 11.3 Å². The van der Waals surface area contributed by atoms with Crippen LogP contribution in [0.2, 0.25) is 0 Å². The van der Waals surface area contributed by atoms with Gasteiger partial charge in [0, 0.05) is 13.6 Å².